The van der Waals surface area contributed by atoms with Crippen molar-refractivity contribution >= 4 is 21.6 Å². The zero-order valence-corrected chi connectivity index (χ0v) is 17.3. The Hall–Kier alpha value is -2.74. The van der Waals surface area contributed by atoms with Crippen molar-refractivity contribution in [1.82, 2.24) is 5.32 Å². The smallest absolute Gasteiger partial charge is 0.261 e. The monoisotopic (exact) mass is 406 g/mol. The van der Waals surface area contributed by atoms with Crippen molar-refractivity contribution in [2.45, 2.75) is 26.0 Å². The lowest BCUT2D eigenvalue weighted by atomic mass is 10.3. The van der Waals surface area contributed by atoms with Gasteiger partial charge in [-0.2, -0.15) is 0 Å². The van der Waals surface area contributed by atoms with Crippen molar-refractivity contribution < 1.29 is 22.7 Å². The third-order valence-corrected chi connectivity index (χ3v) is 5.22. The number of ether oxygens (including phenoxy) is 2. The Morgan fingerprint density at radius 3 is 2.21 bits per heavy atom. The minimum Gasteiger partial charge on any atom is -0.491 e. The number of amides is 1. The molecule has 0 aliphatic heterocycles. The third-order valence-electron chi connectivity index (χ3n) is 4.01. The van der Waals surface area contributed by atoms with Crippen LogP contribution in [0.25, 0.3) is 0 Å². The largest absolute Gasteiger partial charge is 0.491 e. The molecule has 0 heterocycles. The first kappa shape index (κ1) is 21.6. The van der Waals surface area contributed by atoms with Crippen LogP contribution in [0.4, 0.5) is 5.69 Å². The minimum atomic E-state index is -3.33. The number of carbonyl (C=O) groups excluding carboxylic acids is 1. The molecule has 0 aliphatic rings. The van der Waals surface area contributed by atoms with E-state index in [0.29, 0.717) is 18.0 Å². The van der Waals surface area contributed by atoms with Gasteiger partial charge in [-0.1, -0.05) is 18.2 Å². The van der Waals surface area contributed by atoms with Crippen molar-refractivity contribution in [2.75, 3.05) is 24.2 Å². The summed E-state index contributed by atoms with van der Waals surface area (Å²) in [6.45, 7) is 3.84. The summed E-state index contributed by atoms with van der Waals surface area (Å²) in [5.41, 5.74) is 0.513. The Morgan fingerprint density at radius 1 is 1.04 bits per heavy atom. The van der Waals surface area contributed by atoms with Crippen LogP contribution < -0.4 is 19.1 Å². The number of anilines is 1. The number of hydrogen-bond acceptors (Lipinski definition) is 5. The zero-order chi connectivity index (χ0) is 20.7. The summed E-state index contributed by atoms with van der Waals surface area (Å²) in [7, 11) is -1.86. The van der Waals surface area contributed by atoms with Crippen LogP contribution in [0.2, 0.25) is 0 Å². The molecule has 1 amide bonds. The number of para-hydroxylation sites is 1. The fourth-order valence-corrected chi connectivity index (χ4v) is 2.83. The van der Waals surface area contributed by atoms with Gasteiger partial charge in [-0.25, -0.2) is 8.42 Å². The van der Waals surface area contributed by atoms with Gasteiger partial charge >= 0.3 is 0 Å². The van der Waals surface area contributed by atoms with Gasteiger partial charge in [0.25, 0.3) is 5.91 Å². The highest BCUT2D eigenvalue weighted by Gasteiger charge is 2.18. The van der Waals surface area contributed by atoms with E-state index in [1.165, 1.54) is 11.4 Å². The topological polar surface area (TPSA) is 84.9 Å². The fraction of sp³-hybridized carbons (Fsp3) is 0.350. The van der Waals surface area contributed by atoms with Gasteiger partial charge in [0, 0.05) is 7.05 Å². The van der Waals surface area contributed by atoms with Crippen LogP contribution in [0.5, 0.6) is 11.5 Å². The summed E-state index contributed by atoms with van der Waals surface area (Å²) in [5, 5.41) is 2.84. The van der Waals surface area contributed by atoms with Crippen LogP contribution in [0.3, 0.4) is 0 Å². The molecule has 152 valence electrons. The van der Waals surface area contributed by atoms with Crippen LogP contribution in [-0.2, 0) is 14.8 Å². The van der Waals surface area contributed by atoms with Crippen LogP contribution >= 0.6 is 0 Å². The SMILES string of the molecule is C[C@H](COc1ccccc1)NC(=O)[C@H](C)Oc1ccc(N(C)S(C)(=O)=O)cc1. The number of nitrogens with one attached hydrogen (secondary N) is 1. The van der Waals surface area contributed by atoms with Gasteiger partial charge in [0.05, 0.1) is 18.0 Å². The van der Waals surface area contributed by atoms with E-state index in [0.717, 1.165) is 12.0 Å². The first-order chi connectivity index (χ1) is 13.2. The van der Waals surface area contributed by atoms with Crippen molar-refractivity contribution in [3.63, 3.8) is 0 Å². The Morgan fingerprint density at radius 2 is 1.64 bits per heavy atom. The molecular weight excluding hydrogens is 380 g/mol. The molecular formula is C20H26N2O5S. The van der Waals surface area contributed by atoms with Crippen molar-refractivity contribution in [3.05, 3.63) is 54.6 Å². The van der Waals surface area contributed by atoms with Gasteiger partial charge < -0.3 is 14.8 Å². The maximum absolute atomic E-state index is 12.3. The number of benzene rings is 2. The van der Waals surface area contributed by atoms with E-state index in [4.69, 9.17) is 9.47 Å². The molecule has 8 heteroatoms. The van der Waals surface area contributed by atoms with Gasteiger partial charge in [-0.15, -0.1) is 0 Å². The molecule has 2 rings (SSSR count). The first-order valence-corrected chi connectivity index (χ1v) is 10.7. The summed E-state index contributed by atoms with van der Waals surface area (Å²) < 4.78 is 35.6. The van der Waals surface area contributed by atoms with E-state index >= 15 is 0 Å². The second-order valence-corrected chi connectivity index (χ2v) is 8.53. The molecule has 0 unspecified atom stereocenters. The van der Waals surface area contributed by atoms with Gasteiger partial charge in [-0.05, 0) is 50.2 Å². The second kappa shape index (κ2) is 9.45. The summed E-state index contributed by atoms with van der Waals surface area (Å²) in [6, 6.07) is 15.7. The van der Waals surface area contributed by atoms with E-state index < -0.39 is 16.1 Å². The van der Waals surface area contributed by atoms with E-state index in [9.17, 15) is 13.2 Å². The highest BCUT2D eigenvalue weighted by atomic mass is 32.2. The van der Waals surface area contributed by atoms with Gasteiger partial charge in [-0.3, -0.25) is 9.10 Å². The number of sulfonamides is 1. The molecule has 0 aromatic heterocycles. The minimum absolute atomic E-state index is 0.190. The molecule has 7 nitrogen and oxygen atoms in total. The maximum Gasteiger partial charge on any atom is 0.261 e. The van der Waals surface area contributed by atoms with Gasteiger partial charge in [0.15, 0.2) is 6.10 Å². The van der Waals surface area contributed by atoms with E-state index in [-0.39, 0.29) is 11.9 Å². The fourth-order valence-electron chi connectivity index (χ4n) is 2.32. The van der Waals surface area contributed by atoms with Crippen molar-refractivity contribution in [2.24, 2.45) is 0 Å². The Labute approximate surface area is 166 Å². The van der Waals surface area contributed by atoms with E-state index in [1.54, 1.807) is 31.2 Å². The molecule has 2 aromatic carbocycles. The first-order valence-electron chi connectivity index (χ1n) is 8.85. The molecule has 0 bridgehead atoms. The summed E-state index contributed by atoms with van der Waals surface area (Å²) in [6.07, 6.45) is 0.421. The Bertz CT molecular complexity index is 869. The molecule has 2 aromatic rings. The van der Waals surface area contributed by atoms with Crippen LogP contribution in [0.15, 0.2) is 54.6 Å². The lowest BCUT2D eigenvalue weighted by molar-refractivity contribution is -0.128. The summed E-state index contributed by atoms with van der Waals surface area (Å²) >= 11 is 0. The molecule has 0 spiro atoms. The Balaban J connectivity index is 1.84. The lowest BCUT2D eigenvalue weighted by Crippen LogP contribution is -2.43. The molecule has 0 radical (unpaired) electrons. The molecule has 0 fully saturated rings. The summed E-state index contributed by atoms with van der Waals surface area (Å²) in [4.78, 5) is 12.3. The van der Waals surface area contributed by atoms with Crippen molar-refractivity contribution in [1.29, 1.82) is 0 Å². The maximum atomic E-state index is 12.3. The molecule has 0 aliphatic carbocycles. The molecule has 2 atom stereocenters. The molecule has 28 heavy (non-hydrogen) atoms. The highest BCUT2D eigenvalue weighted by Crippen LogP contribution is 2.21. The predicted octanol–water partition coefficient (Wildman–Crippen LogP) is 2.43. The van der Waals surface area contributed by atoms with Gasteiger partial charge in [0.1, 0.15) is 18.1 Å². The van der Waals surface area contributed by atoms with Crippen LogP contribution in [-0.4, -0.2) is 46.4 Å². The Kier molecular flexibility index (Phi) is 7.28. The molecule has 0 saturated carbocycles. The molecule has 1 N–H and O–H groups in total. The number of carbonyl (C=O) groups is 1. The van der Waals surface area contributed by atoms with E-state index in [2.05, 4.69) is 5.32 Å². The quantitative estimate of drug-likeness (QED) is 0.691. The average Bonchev–Trinajstić information content (AvgIpc) is 2.66. The normalized spacial score (nSPS) is 13.3. The van der Waals surface area contributed by atoms with E-state index in [1.807, 2.05) is 37.3 Å². The summed E-state index contributed by atoms with van der Waals surface area (Å²) in [5.74, 6) is 0.954. The predicted molar refractivity (Wildman–Crippen MR) is 109 cm³/mol. The van der Waals surface area contributed by atoms with Gasteiger partial charge in [0.2, 0.25) is 10.0 Å². The zero-order valence-electron chi connectivity index (χ0n) is 16.5. The van der Waals surface area contributed by atoms with Crippen LogP contribution in [0.1, 0.15) is 13.8 Å². The highest BCUT2D eigenvalue weighted by molar-refractivity contribution is 7.92. The second-order valence-electron chi connectivity index (χ2n) is 6.52. The number of nitrogens with zero attached hydrogens (tertiary/aromatic N) is 1. The number of hydrogen-bond donors (Lipinski definition) is 1. The van der Waals surface area contributed by atoms with Crippen molar-refractivity contribution in [3.8, 4) is 11.5 Å². The average molecular weight is 407 g/mol. The standard InChI is InChI=1S/C20H26N2O5S/c1-15(14-26-18-8-6-5-7-9-18)21-20(23)16(2)27-19-12-10-17(11-13-19)22(3)28(4,24)25/h5-13,15-16H,14H2,1-4H3,(H,21,23)/t15-,16+/m1/s1. The van der Waals surface area contributed by atoms with Crippen LogP contribution in [0, 0.1) is 0 Å². The number of rotatable bonds is 9. The lowest BCUT2D eigenvalue weighted by Gasteiger charge is -2.20. The third kappa shape index (κ3) is 6.45. The molecule has 0 saturated heterocycles.